The van der Waals surface area contributed by atoms with E-state index in [4.69, 9.17) is 70.1 Å². The first-order valence-electron chi connectivity index (χ1n) is 31.2. The number of ether oxygens (including phenoxy) is 5. The third kappa shape index (κ3) is 18.9. The highest BCUT2D eigenvalue weighted by Crippen LogP contribution is 2.54. The highest BCUT2D eigenvalue weighted by atomic mass is 35.5. The highest BCUT2D eigenvalue weighted by Gasteiger charge is 2.67. The SMILES string of the molecule is CC(C)(CC(=O)C(F)(F)F)c1cc(Cl)cc2c1OCC2.CC(C)(C[C@]1(C(F)(F)F)CO1)c1cc(Cl)cc2c1OCC2.Cc1ccc(SC[C@](C)(O)CC(C)(C)c2cc(Cl)cc3c2OCC3)cc1.Cc1ccc([S@](=O)C[C@](C)(O)CC(C)(C)c2cc(Cl)cc3c2OCC3)cc1. The summed E-state index contributed by atoms with van der Waals surface area (Å²) in [4.78, 5) is 13.2. The number of thioether (sulfide) groups is 1. The zero-order valence-corrected chi connectivity index (χ0v) is 59.8. The van der Waals surface area contributed by atoms with Gasteiger partial charge in [0.1, 0.15) is 23.0 Å². The third-order valence-electron chi connectivity index (χ3n) is 17.5. The van der Waals surface area contributed by atoms with Gasteiger partial charge in [-0.25, -0.2) is 0 Å². The van der Waals surface area contributed by atoms with E-state index in [1.54, 1.807) is 64.6 Å². The second-order valence-corrected chi connectivity index (χ2v) is 32.7. The molecular formula is C73H84Cl4F6O9S2. The van der Waals surface area contributed by atoms with Gasteiger partial charge in [0.05, 0.1) is 60.8 Å². The molecule has 0 unspecified atom stereocenters. The number of fused-ring (bicyclic) bond motifs is 4. The number of Topliss-reactive ketones (excluding diaryl/α,β-unsaturated/α-hetero) is 1. The number of aryl methyl sites for hydroxylation is 2. The van der Waals surface area contributed by atoms with E-state index in [0.717, 1.165) is 79.6 Å². The standard InChI is InChI=1S/C22H27ClO3S.C22H27ClO2S.C15H16ClF3O2.C14H14ClF3O2/c1-15-5-7-18(8-6-15)27(25)14-22(4,24)13-21(2,3)19-12-17(23)11-16-9-10-26-20(16)19;1-15-5-7-18(8-6-15)26-14-22(4,24)13-21(2,3)19-12-17(23)11-16-9-10-25-20(16)19;1-13(2,7-14(8-21-14)15(17,18)19)11-6-10(16)5-9-3-4-20-12(9)11;1-13(2,7-11(19)14(16,17)18)10-6-9(15)5-8-3-4-20-12(8)10/h5-8,11-12,24H,9-10,13-14H2,1-4H3;5-8,11-12,24H,9-10,13-14H2,1-4H3;5-6H,3-4,7-8H2,1-2H3;5-6H,3-4,7H2,1-2H3/t22-,27-;22-;14-;/m111./s1. The lowest BCUT2D eigenvalue weighted by atomic mass is 9.75. The normalized spacial score (nSPS) is 18.0. The van der Waals surface area contributed by atoms with Gasteiger partial charge in [-0.15, -0.1) is 11.8 Å². The van der Waals surface area contributed by atoms with E-state index in [-0.39, 0.29) is 29.6 Å². The smallest absolute Gasteiger partial charge is 0.450 e. The molecular weight excluding hydrogens is 1340 g/mol. The minimum Gasteiger partial charge on any atom is -0.493 e. The summed E-state index contributed by atoms with van der Waals surface area (Å²) in [6.45, 7) is 25.1. The number of aliphatic hydroxyl groups is 2. The van der Waals surface area contributed by atoms with E-state index in [2.05, 4.69) is 58.9 Å². The number of hydrogen-bond acceptors (Lipinski definition) is 10. The van der Waals surface area contributed by atoms with Crippen molar-refractivity contribution in [2.75, 3.05) is 44.5 Å². The number of ketones is 1. The monoisotopic (exact) mass is 1420 g/mol. The molecule has 5 aliphatic rings. The van der Waals surface area contributed by atoms with Gasteiger partial charge in [-0.2, -0.15) is 26.3 Å². The molecule has 0 saturated carbocycles. The number of benzene rings is 6. The van der Waals surface area contributed by atoms with Crippen LogP contribution in [-0.4, -0.2) is 93.9 Å². The third-order valence-corrected chi connectivity index (χ3v) is 21.4. The molecule has 0 radical (unpaired) electrons. The van der Waals surface area contributed by atoms with E-state index in [9.17, 15) is 45.6 Å². The summed E-state index contributed by atoms with van der Waals surface area (Å²) >= 11 is 26.4. The minimum absolute atomic E-state index is 0.139. The second kappa shape index (κ2) is 29.0. The largest absolute Gasteiger partial charge is 0.493 e. The van der Waals surface area contributed by atoms with Crippen LogP contribution in [-0.2, 0) is 67.7 Å². The summed E-state index contributed by atoms with van der Waals surface area (Å²) in [5.74, 6) is 2.18. The van der Waals surface area contributed by atoms with Crippen LogP contribution in [0.3, 0.4) is 0 Å². The van der Waals surface area contributed by atoms with Gasteiger partial charge in [0, 0.05) is 95.4 Å². The summed E-state index contributed by atoms with van der Waals surface area (Å²) in [5.41, 5.74) is 3.61. The van der Waals surface area contributed by atoms with Crippen LogP contribution < -0.4 is 18.9 Å². The number of rotatable bonds is 18. The minimum atomic E-state index is -4.82. The molecule has 6 aromatic carbocycles. The Morgan fingerprint density at radius 1 is 0.521 bits per heavy atom. The van der Waals surface area contributed by atoms with E-state index in [1.165, 1.54) is 16.0 Å². The Labute approximate surface area is 575 Å². The van der Waals surface area contributed by atoms with Gasteiger partial charge in [-0.3, -0.25) is 9.00 Å². The van der Waals surface area contributed by atoms with Crippen LogP contribution in [0.4, 0.5) is 26.3 Å². The zero-order chi connectivity index (χ0) is 69.4. The Hall–Kier alpha value is -4.69. The van der Waals surface area contributed by atoms with Crippen molar-refractivity contribution in [3.63, 3.8) is 0 Å². The fourth-order valence-corrected chi connectivity index (χ4v) is 16.2. The number of carbonyl (C=O) groups excluding carboxylic acids is 1. The average molecular weight is 1430 g/mol. The fraction of sp³-hybridized carbons (Fsp3) is 0.493. The van der Waals surface area contributed by atoms with Gasteiger partial charge in [0.15, 0.2) is 5.60 Å². The molecule has 0 bridgehead atoms. The van der Waals surface area contributed by atoms with Gasteiger partial charge >= 0.3 is 12.4 Å². The van der Waals surface area contributed by atoms with Gasteiger partial charge in [-0.05, 0) is 158 Å². The maximum Gasteiger partial charge on any atom is 0.450 e. The lowest BCUT2D eigenvalue weighted by molar-refractivity contribution is -0.188. The van der Waals surface area contributed by atoms with Crippen molar-refractivity contribution in [1.82, 2.24) is 0 Å². The topological polar surface area (TPSA) is 124 Å². The Balaban J connectivity index is 0.000000162. The number of carbonyl (C=O) groups is 1. The average Bonchev–Trinajstić information content (AvgIpc) is 1.57. The molecule has 0 aromatic heterocycles. The molecule has 6 aromatic rings. The van der Waals surface area contributed by atoms with E-state index < -0.39 is 63.0 Å². The molecule has 0 spiro atoms. The van der Waals surface area contributed by atoms with Crippen molar-refractivity contribution in [3.8, 4) is 23.0 Å². The molecule has 512 valence electrons. The summed E-state index contributed by atoms with van der Waals surface area (Å²) in [7, 11) is -1.26. The van der Waals surface area contributed by atoms with Crippen LogP contribution in [0.15, 0.2) is 107 Å². The maximum absolute atomic E-state index is 13.1. The van der Waals surface area contributed by atoms with Gasteiger partial charge in [0.2, 0.25) is 5.78 Å². The van der Waals surface area contributed by atoms with Crippen molar-refractivity contribution in [3.05, 3.63) is 173 Å². The fourth-order valence-electron chi connectivity index (χ4n) is 13.1. The van der Waals surface area contributed by atoms with Crippen LogP contribution >= 0.6 is 58.2 Å². The summed E-state index contributed by atoms with van der Waals surface area (Å²) in [5, 5.41) is 24.5. The Morgan fingerprint density at radius 3 is 1.21 bits per heavy atom. The molecule has 21 heteroatoms. The number of hydrogen-bond donors (Lipinski definition) is 2. The van der Waals surface area contributed by atoms with Crippen molar-refractivity contribution >= 4 is 74.7 Å². The lowest BCUT2D eigenvalue weighted by Crippen LogP contribution is -2.39. The van der Waals surface area contributed by atoms with Crippen LogP contribution in [0, 0.1) is 13.8 Å². The van der Waals surface area contributed by atoms with Crippen molar-refractivity contribution in [2.45, 2.75) is 195 Å². The molecule has 1 saturated heterocycles. The highest BCUT2D eigenvalue weighted by molar-refractivity contribution is 7.99. The molecule has 94 heavy (non-hydrogen) atoms. The van der Waals surface area contributed by atoms with E-state index in [0.29, 0.717) is 83.6 Å². The molecule has 2 N–H and O–H groups in total. The number of epoxide rings is 1. The predicted molar refractivity (Wildman–Crippen MR) is 365 cm³/mol. The van der Waals surface area contributed by atoms with Crippen molar-refractivity contribution < 1.29 is 69.2 Å². The van der Waals surface area contributed by atoms with Gasteiger partial charge in [-0.1, -0.05) is 137 Å². The molecule has 0 amide bonds. The van der Waals surface area contributed by atoms with Crippen LogP contribution in [0.2, 0.25) is 20.1 Å². The summed E-state index contributed by atoms with van der Waals surface area (Å²) in [6, 6.07) is 30.8. The van der Waals surface area contributed by atoms with Crippen LogP contribution in [0.1, 0.15) is 151 Å². The first-order chi connectivity index (χ1) is 43.5. The molecule has 0 aliphatic carbocycles. The Bertz CT molecular complexity index is 3730. The molecule has 5 aliphatic heterocycles. The van der Waals surface area contributed by atoms with E-state index in [1.807, 2.05) is 68.4 Å². The zero-order valence-electron chi connectivity index (χ0n) is 55.2. The summed E-state index contributed by atoms with van der Waals surface area (Å²) < 4.78 is 117. The van der Waals surface area contributed by atoms with Crippen LogP contribution in [0.5, 0.6) is 23.0 Å². The molecule has 4 atom stereocenters. The van der Waals surface area contributed by atoms with Crippen LogP contribution in [0.25, 0.3) is 0 Å². The second-order valence-electron chi connectivity index (χ2n) is 28.5. The lowest BCUT2D eigenvalue weighted by Gasteiger charge is -2.35. The summed E-state index contributed by atoms with van der Waals surface area (Å²) in [6.07, 6.45) is -5.70. The number of halogens is 10. The number of alkyl halides is 6. The predicted octanol–water partition coefficient (Wildman–Crippen LogP) is 19.0. The van der Waals surface area contributed by atoms with Crippen molar-refractivity contribution in [2.24, 2.45) is 0 Å². The molecule has 1 fully saturated rings. The van der Waals surface area contributed by atoms with Gasteiger partial charge < -0.3 is 33.9 Å². The van der Waals surface area contributed by atoms with Gasteiger partial charge in [0.25, 0.3) is 0 Å². The molecule has 5 heterocycles. The molecule has 11 rings (SSSR count). The van der Waals surface area contributed by atoms with Crippen molar-refractivity contribution in [1.29, 1.82) is 0 Å². The Morgan fingerprint density at radius 2 is 0.862 bits per heavy atom. The first-order valence-corrected chi connectivity index (χ1v) is 35.0. The maximum atomic E-state index is 13.1. The first kappa shape index (κ1) is 75.1. The van der Waals surface area contributed by atoms with E-state index >= 15 is 0 Å². The Kier molecular flexibility index (Phi) is 23.2. The quantitative estimate of drug-likeness (QED) is 0.0488. The molecule has 9 nitrogen and oxygen atoms in total.